The standard InChI is InChI=1S/C21H32N2O3/c1-5-23(6-2)18-12-10-17(11-13-18)21(25)26-14-20(24)22-19-9-7-8-15(3)16(19)4/h10-13,15-16,19H,5-9,14H2,1-4H3,(H,22,24)/t15-,16+,19+/m1/s1. The van der Waals surface area contributed by atoms with Crippen molar-refractivity contribution in [2.45, 2.75) is 53.0 Å². The molecule has 1 aliphatic carbocycles. The van der Waals surface area contributed by atoms with Crippen LogP contribution in [0.15, 0.2) is 24.3 Å². The van der Waals surface area contributed by atoms with Crippen LogP contribution in [0.3, 0.4) is 0 Å². The number of carbonyl (C=O) groups excluding carboxylic acids is 2. The topological polar surface area (TPSA) is 58.6 Å². The van der Waals surface area contributed by atoms with Gasteiger partial charge in [-0.1, -0.05) is 26.7 Å². The minimum absolute atomic E-state index is 0.179. The second-order valence-electron chi connectivity index (χ2n) is 7.24. The first-order valence-electron chi connectivity index (χ1n) is 9.77. The predicted octanol–water partition coefficient (Wildman–Crippen LogP) is 3.63. The monoisotopic (exact) mass is 360 g/mol. The normalized spacial score (nSPS) is 22.5. The fourth-order valence-electron chi connectivity index (χ4n) is 3.65. The lowest BCUT2D eigenvalue weighted by atomic mass is 9.78. The average molecular weight is 360 g/mol. The fourth-order valence-corrected chi connectivity index (χ4v) is 3.65. The van der Waals surface area contributed by atoms with Crippen molar-refractivity contribution in [3.8, 4) is 0 Å². The number of amides is 1. The van der Waals surface area contributed by atoms with E-state index < -0.39 is 5.97 Å². The first kappa shape index (κ1) is 20.3. The van der Waals surface area contributed by atoms with E-state index in [0.29, 0.717) is 17.4 Å². The van der Waals surface area contributed by atoms with Gasteiger partial charge in [0, 0.05) is 24.8 Å². The van der Waals surface area contributed by atoms with E-state index in [2.05, 4.69) is 37.9 Å². The van der Waals surface area contributed by atoms with Gasteiger partial charge in [-0.15, -0.1) is 0 Å². The highest BCUT2D eigenvalue weighted by Crippen LogP contribution is 2.29. The van der Waals surface area contributed by atoms with Crippen LogP contribution >= 0.6 is 0 Å². The predicted molar refractivity (Wildman–Crippen MR) is 104 cm³/mol. The molecular weight excluding hydrogens is 328 g/mol. The van der Waals surface area contributed by atoms with Gasteiger partial charge in [0.2, 0.25) is 0 Å². The number of benzene rings is 1. The molecule has 3 atom stereocenters. The first-order chi connectivity index (χ1) is 12.5. The summed E-state index contributed by atoms with van der Waals surface area (Å²) in [7, 11) is 0. The summed E-state index contributed by atoms with van der Waals surface area (Å²) in [4.78, 5) is 26.5. The summed E-state index contributed by atoms with van der Waals surface area (Å²) < 4.78 is 5.18. The number of ether oxygens (including phenoxy) is 1. The molecule has 0 aliphatic heterocycles. The van der Waals surface area contributed by atoms with Gasteiger partial charge in [0.05, 0.1) is 5.56 Å². The molecule has 1 fully saturated rings. The van der Waals surface area contributed by atoms with Crippen molar-refractivity contribution in [2.75, 3.05) is 24.6 Å². The maximum atomic E-state index is 12.2. The third-order valence-electron chi connectivity index (χ3n) is 5.62. The van der Waals surface area contributed by atoms with Crippen molar-refractivity contribution in [1.29, 1.82) is 0 Å². The number of nitrogens with one attached hydrogen (secondary N) is 1. The highest BCUT2D eigenvalue weighted by atomic mass is 16.5. The molecule has 0 unspecified atom stereocenters. The fraction of sp³-hybridized carbons (Fsp3) is 0.619. The van der Waals surface area contributed by atoms with Crippen molar-refractivity contribution in [3.63, 3.8) is 0 Å². The van der Waals surface area contributed by atoms with Crippen LogP contribution in [0, 0.1) is 11.8 Å². The van der Waals surface area contributed by atoms with E-state index in [-0.39, 0.29) is 18.6 Å². The van der Waals surface area contributed by atoms with E-state index >= 15 is 0 Å². The van der Waals surface area contributed by atoms with Crippen LogP contribution in [0.4, 0.5) is 5.69 Å². The lowest BCUT2D eigenvalue weighted by Gasteiger charge is -2.34. The third kappa shape index (κ3) is 5.23. The van der Waals surface area contributed by atoms with Crippen LogP contribution in [0.2, 0.25) is 0 Å². The molecule has 1 aliphatic rings. The van der Waals surface area contributed by atoms with Crippen molar-refractivity contribution < 1.29 is 14.3 Å². The van der Waals surface area contributed by atoms with E-state index in [1.54, 1.807) is 12.1 Å². The summed E-state index contributed by atoms with van der Waals surface area (Å²) in [6.45, 7) is 10.2. The summed E-state index contributed by atoms with van der Waals surface area (Å²) in [5.74, 6) is 0.386. The van der Waals surface area contributed by atoms with E-state index in [9.17, 15) is 9.59 Å². The Balaban J connectivity index is 1.83. The van der Waals surface area contributed by atoms with Crippen LogP contribution in [0.5, 0.6) is 0 Å². The molecule has 1 amide bonds. The molecule has 1 N–H and O–H groups in total. The van der Waals surface area contributed by atoms with E-state index in [4.69, 9.17) is 4.74 Å². The SMILES string of the molecule is CCN(CC)c1ccc(C(=O)OCC(=O)N[C@H]2CCC[C@@H](C)[C@@H]2C)cc1. The molecule has 1 aromatic rings. The zero-order chi connectivity index (χ0) is 19.1. The summed E-state index contributed by atoms with van der Waals surface area (Å²) in [6.07, 6.45) is 3.35. The summed E-state index contributed by atoms with van der Waals surface area (Å²) >= 11 is 0. The molecule has 0 saturated heterocycles. The zero-order valence-corrected chi connectivity index (χ0v) is 16.5. The highest BCUT2D eigenvalue weighted by Gasteiger charge is 2.28. The minimum atomic E-state index is -0.462. The van der Waals surface area contributed by atoms with Gasteiger partial charge in [0.25, 0.3) is 5.91 Å². The maximum Gasteiger partial charge on any atom is 0.338 e. The van der Waals surface area contributed by atoms with E-state index in [0.717, 1.165) is 31.6 Å². The quantitative estimate of drug-likeness (QED) is 0.755. The van der Waals surface area contributed by atoms with Gasteiger partial charge < -0.3 is 15.0 Å². The van der Waals surface area contributed by atoms with Crippen molar-refractivity contribution in [1.82, 2.24) is 5.32 Å². The Morgan fingerprint density at radius 1 is 1.12 bits per heavy atom. The van der Waals surface area contributed by atoms with Crippen molar-refractivity contribution >= 4 is 17.6 Å². The number of carbonyl (C=O) groups is 2. The lowest BCUT2D eigenvalue weighted by molar-refractivity contribution is -0.125. The number of hydrogen-bond acceptors (Lipinski definition) is 4. The Bertz CT molecular complexity index is 596. The average Bonchev–Trinajstić information content (AvgIpc) is 2.65. The van der Waals surface area contributed by atoms with Crippen molar-refractivity contribution in [3.05, 3.63) is 29.8 Å². The van der Waals surface area contributed by atoms with Gasteiger partial charge in [-0.2, -0.15) is 0 Å². The number of rotatable bonds is 7. The van der Waals surface area contributed by atoms with Gasteiger partial charge in [-0.05, 0) is 56.4 Å². The number of nitrogens with zero attached hydrogens (tertiary/aromatic N) is 1. The molecule has 0 spiro atoms. The lowest BCUT2D eigenvalue weighted by Crippen LogP contribution is -2.45. The largest absolute Gasteiger partial charge is 0.452 e. The molecule has 1 saturated carbocycles. The zero-order valence-electron chi connectivity index (χ0n) is 16.5. The Morgan fingerprint density at radius 3 is 2.38 bits per heavy atom. The summed E-state index contributed by atoms with van der Waals surface area (Å²) in [5.41, 5.74) is 1.54. The number of esters is 1. The van der Waals surface area contributed by atoms with Crippen molar-refractivity contribution in [2.24, 2.45) is 11.8 Å². The van der Waals surface area contributed by atoms with Gasteiger partial charge in [0.1, 0.15) is 0 Å². The smallest absolute Gasteiger partial charge is 0.338 e. The maximum absolute atomic E-state index is 12.2. The van der Waals surface area contributed by atoms with Gasteiger partial charge in [-0.3, -0.25) is 4.79 Å². The molecule has 0 radical (unpaired) electrons. The highest BCUT2D eigenvalue weighted by molar-refractivity contribution is 5.91. The van der Waals surface area contributed by atoms with E-state index in [1.807, 2.05) is 12.1 Å². The summed E-state index contributed by atoms with van der Waals surface area (Å²) in [6, 6.07) is 7.50. The van der Waals surface area contributed by atoms with Crippen LogP contribution in [0.1, 0.15) is 57.3 Å². The Hall–Kier alpha value is -2.04. The molecule has 2 rings (SSSR count). The molecule has 26 heavy (non-hydrogen) atoms. The van der Waals surface area contributed by atoms with Crippen LogP contribution in [-0.4, -0.2) is 37.6 Å². The van der Waals surface area contributed by atoms with Gasteiger partial charge in [0.15, 0.2) is 6.61 Å². The Kier molecular flexibility index (Phi) is 7.49. The summed E-state index contributed by atoms with van der Waals surface area (Å²) in [5, 5.41) is 3.02. The molecule has 0 heterocycles. The minimum Gasteiger partial charge on any atom is -0.452 e. The molecule has 1 aromatic carbocycles. The molecule has 0 aromatic heterocycles. The van der Waals surface area contributed by atoms with Crippen LogP contribution in [-0.2, 0) is 9.53 Å². The molecule has 144 valence electrons. The number of anilines is 1. The number of hydrogen-bond donors (Lipinski definition) is 1. The van der Waals surface area contributed by atoms with Crippen LogP contribution in [0.25, 0.3) is 0 Å². The third-order valence-corrected chi connectivity index (χ3v) is 5.62. The van der Waals surface area contributed by atoms with E-state index in [1.165, 1.54) is 6.42 Å². The molecule has 0 bridgehead atoms. The first-order valence-corrected chi connectivity index (χ1v) is 9.77. The van der Waals surface area contributed by atoms with Gasteiger partial charge >= 0.3 is 5.97 Å². The second-order valence-corrected chi connectivity index (χ2v) is 7.24. The Morgan fingerprint density at radius 2 is 1.77 bits per heavy atom. The molecule has 5 nitrogen and oxygen atoms in total. The Labute approximate surface area is 157 Å². The second kappa shape index (κ2) is 9.60. The molecular formula is C21H32N2O3. The van der Waals surface area contributed by atoms with Gasteiger partial charge in [-0.25, -0.2) is 4.79 Å². The van der Waals surface area contributed by atoms with Crippen LogP contribution < -0.4 is 10.2 Å². The molecule has 5 heteroatoms.